The Morgan fingerprint density at radius 1 is 0.736 bits per heavy atom. The maximum atomic E-state index is 13.9. The minimum Gasteiger partial charge on any atom is -0.748 e. The molecule has 0 unspecified atom stereocenters. The standard InChI is InChI=1S/C38H49N3O11S/c1-28-26-30(37(42)40-13-16-48-18-20-50-22-24-51-23-21-49-19-17-47-15-12-39)27-29(2)36(28)52-38(43)35-31-8-3-5-10-33(31)41(14-7-25-53(44,45)46)34-11-6-4-9-32(34)35/h3-6,8-11,26-27H,7,12-25,39H2,1-2H3,(H-,40,42,44,45,46). The molecular weight excluding hydrogens is 706 g/mol. The van der Waals surface area contributed by atoms with E-state index in [0.29, 0.717) is 129 Å². The van der Waals surface area contributed by atoms with Crippen LogP contribution in [-0.4, -0.2) is 110 Å². The first-order valence-corrected chi connectivity index (χ1v) is 19.2. The second-order valence-corrected chi connectivity index (χ2v) is 13.6. The highest BCUT2D eigenvalue weighted by molar-refractivity contribution is 7.85. The topological polar surface area (TPSA) is 189 Å². The van der Waals surface area contributed by atoms with E-state index in [0.717, 1.165) is 0 Å². The summed E-state index contributed by atoms with van der Waals surface area (Å²) < 4.78 is 68.8. The number of pyridine rings is 1. The summed E-state index contributed by atoms with van der Waals surface area (Å²) in [4.78, 5) is 26.9. The van der Waals surface area contributed by atoms with Crippen molar-refractivity contribution in [3.8, 4) is 5.75 Å². The molecule has 0 aliphatic rings. The Morgan fingerprint density at radius 2 is 1.21 bits per heavy atom. The zero-order valence-electron chi connectivity index (χ0n) is 30.3. The lowest BCUT2D eigenvalue weighted by Gasteiger charge is -2.15. The van der Waals surface area contributed by atoms with Gasteiger partial charge in [-0.15, -0.1) is 0 Å². The van der Waals surface area contributed by atoms with Crippen LogP contribution in [0.5, 0.6) is 5.75 Å². The fourth-order valence-electron chi connectivity index (χ4n) is 5.77. The minimum atomic E-state index is -4.37. The van der Waals surface area contributed by atoms with Gasteiger partial charge in [-0.3, -0.25) is 4.79 Å². The van der Waals surface area contributed by atoms with Crippen LogP contribution in [0.3, 0.4) is 0 Å². The number of carbonyl (C=O) groups excluding carboxylic acids is 2. The van der Waals surface area contributed by atoms with Gasteiger partial charge in [-0.25, -0.2) is 13.2 Å². The number of nitrogens with two attached hydrogens (primary N) is 1. The molecule has 3 N–H and O–H groups in total. The third kappa shape index (κ3) is 13.1. The number of benzene rings is 3. The zero-order valence-corrected chi connectivity index (χ0v) is 31.1. The summed E-state index contributed by atoms with van der Waals surface area (Å²) in [5.74, 6) is -1.00. The number of nitrogens with zero attached hydrogens (tertiary/aromatic N) is 1. The van der Waals surface area contributed by atoms with Crippen molar-refractivity contribution in [1.82, 2.24) is 5.32 Å². The normalized spacial score (nSPS) is 11.7. The molecule has 4 rings (SSSR count). The molecule has 1 amide bonds. The SMILES string of the molecule is Cc1cc(C(=O)NCCOCCOCCOCCOCCOCCN)cc(C)c1OC(=O)c1c2ccccc2[n+](CCCS(=O)(=O)[O-])c2ccccc12. The Labute approximate surface area is 310 Å². The Balaban J connectivity index is 1.26. The summed E-state index contributed by atoms with van der Waals surface area (Å²) in [5, 5.41) is 4.08. The molecule has 0 atom stereocenters. The lowest BCUT2D eigenvalue weighted by Crippen LogP contribution is -2.37. The van der Waals surface area contributed by atoms with Crippen molar-refractivity contribution in [3.05, 3.63) is 82.9 Å². The van der Waals surface area contributed by atoms with Crippen LogP contribution in [-0.2, 0) is 40.3 Å². The molecule has 3 aromatic carbocycles. The Hall–Kier alpha value is -4.06. The molecule has 288 valence electrons. The molecule has 0 saturated heterocycles. The third-order valence-corrected chi connectivity index (χ3v) is 8.90. The first-order valence-electron chi connectivity index (χ1n) is 17.6. The molecule has 1 aromatic heterocycles. The van der Waals surface area contributed by atoms with Crippen molar-refractivity contribution in [2.45, 2.75) is 26.8 Å². The molecule has 0 spiro atoms. The lowest BCUT2D eigenvalue weighted by atomic mass is 10.0. The van der Waals surface area contributed by atoms with Crippen LogP contribution in [0.15, 0.2) is 60.7 Å². The molecule has 0 radical (unpaired) electrons. The molecule has 0 aliphatic heterocycles. The number of nitrogens with one attached hydrogen (secondary N) is 1. The Morgan fingerprint density at radius 3 is 1.70 bits per heavy atom. The molecule has 0 aliphatic carbocycles. The molecule has 14 nitrogen and oxygen atoms in total. The highest BCUT2D eigenvalue weighted by Crippen LogP contribution is 2.30. The Kier molecular flexibility index (Phi) is 17.0. The summed E-state index contributed by atoms with van der Waals surface area (Å²) in [6.07, 6.45) is 0.122. The van der Waals surface area contributed by atoms with Gasteiger partial charge in [0.1, 0.15) is 5.75 Å². The van der Waals surface area contributed by atoms with Gasteiger partial charge in [0.2, 0.25) is 11.0 Å². The Bertz CT molecular complexity index is 1840. The number of aryl methyl sites for hydroxylation is 3. The third-order valence-electron chi connectivity index (χ3n) is 8.11. The number of esters is 1. The van der Waals surface area contributed by atoms with Gasteiger partial charge < -0.3 is 44.0 Å². The summed E-state index contributed by atoms with van der Waals surface area (Å²) in [7, 11) is -4.37. The predicted molar refractivity (Wildman–Crippen MR) is 197 cm³/mol. The first kappa shape index (κ1) is 41.7. The average Bonchev–Trinajstić information content (AvgIpc) is 3.13. The van der Waals surface area contributed by atoms with Gasteiger partial charge in [-0.2, -0.15) is 4.57 Å². The highest BCUT2D eigenvalue weighted by Gasteiger charge is 2.26. The molecule has 1 heterocycles. The number of para-hydroxylation sites is 2. The van der Waals surface area contributed by atoms with Crippen LogP contribution in [0.25, 0.3) is 21.8 Å². The molecule has 15 heteroatoms. The lowest BCUT2D eigenvalue weighted by molar-refractivity contribution is -0.645. The number of ether oxygens (including phenoxy) is 6. The molecule has 0 bridgehead atoms. The predicted octanol–water partition coefficient (Wildman–Crippen LogP) is 2.82. The molecule has 0 saturated carbocycles. The number of amides is 1. The van der Waals surface area contributed by atoms with Gasteiger partial charge in [0.25, 0.3) is 5.91 Å². The molecule has 53 heavy (non-hydrogen) atoms. The van der Waals surface area contributed by atoms with Crippen molar-refractivity contribution in [2.24, 2.45) is 5.73 Å². The van der Waals surface area contributed by atoms with E-state index in [1.54, 1.807) is 26.0 Å². The van der Waals surface area contributed by atoms with E-state index in [4.69, 9.17) is 34.2 Å². The first-order chi connectivity index (χ1) is 25.6. The number of hydrogen-bond acceptors (Lipinski definition) is 12. The van der Waals surface area contributed by atoms with Gasteiger partial charge in [0, 0.05) is 43.0 Å². The van der Waals surface area contributed by atoms with Crippen molar-refractivity contribution in [1.29, 1.82) is 0 Å². The molecule has 4 aromatic rings. The maximum Gasteiger partial charge on any atom is 0.345 e. The van der Waals surface area contributed by atoms with E-state index in [1.807, 2.05) is 53.1 Å². The average molecular weight is 756 g/mol. The fourth-order valence-corrected chi connectivity index (χ4v) is 6.25. The number of rotatable bonds is 24. The van der Waals surface area contributed by atoms with E-state index < -0.39 is 21.8 Å². The van der Waals surface area contributed by atoms with Crippen LogP contribution in [0.4, 0.5) is 0 Å². The number of fused-ring (bicyclic) bond motifs is 2. The van der Waals surface area contributed by atoms with Crippen LogP contribution >= 0.6 is 0 Å². The van der Waals surface area contributed by atoms with Crippen molar-refractivity contribution in [2.75, 3.05) is 84.9 Å². The summed E-state index contributed by atoms with van der Waals surface area (Å²) in [6.45, 7) is 9.05. The van der Waals surface area contributed by atoms with Crippen LogP contribution in [0.1, 0.15) is 38.3 Å². The van der Waals surface area contributed by atoms with Crippen LogP contribution in [0, 0.1) is 13.8 Å². The largest absolute Gasteiger partial charge is 0.748 e. The monoisotopic (exact) mass is 755 g/mol. The van der Waals surface area contributed by atoms with E-state index in [-0.39, 0.29) is 18.9 Å². The van der Waals surface area contributed by atoms with E-state index in [9.17, 15) is 22.6 Å². The van der Waals surface area contributed by atoms with Gasteiger partial charge in [-0.1, -0.05) is 24.3 Å². The second-order valence-electron chi connectivity index (χ2n) is 12.1. The quantitative estimate of drug-likeness (QED) is 0.0266. The van der Waals surface area contributed by atoms with E-state index in [1.165, 1.54) is 0 Å². The highest BCUT2D eigenvalue weighted by atomic mass is 32.2. The van der Waals surface area contributed by atoms with E-state index in [2.05, 4.69) is 5.32 Å². The summed E-state index contributed by atoms with van der Waals surface area (Å²) >= 11 is 0. The smallest absolute Gasteiger partial charge is 0.345 e. The zero-order chi connectivity index (χ0) is 38.1. The second kappa shape index (κ2) is 21.6. The fraction of sp³-hybridized carbons (Fsp3) is 0.447. The maximum absolute atomic E-state index is 13.9. The van der Waals surface area contributed by atoms with Crippen molar-refractivity contribution < 1.29 is 55.5 Å². The summed E-state index contributed by atoms with van der Waals surface area (Å²) in [6, 6.07) is 17.9. The minimum absolute atomic E-state index is 0.122. The summed E-state index contributed by atoms with van der Waals surface area (Å²) in [5.41, 5.74) is 8.73. The number of hydrogen-bond donors (Lipinski definition) is 2. The van der Waals surface area contributed by atoms with Crippen LogP contribution in [0.2, 0.25) is 0 Å². The van der Waals surface area contributed by atoms with Gasteiger partial charge in [0.05, 0.1) is 92.5 Å². The van der Waals surface area contributed by atoms with Crippen molar-refractivity contribution >= 4 is 43.8 Å². The number of aromatic nitrogens is 1. The van der Waals surface area contributed by atoms with E-state index >= 15 is 0 Å². The van der Waals surface area contributed by atoms with Gasteiger partial charge in [0.15, 0.2) is 6.54 Å². The van der Waals surface area contributed by atoms with Gasteiger partial charge in [-0.05, 0) is 49.2 Å². The van der Waals surface area contributed by atoms with Crippen LogP contribution < -0.4 is 20.4 Å². The number of carbonyl (C=O) groups is 2. The van der Waals surface area contributed by atoms with Crippen molar-refractivity contribution in [3.63, 3.8) is 0 Å². The molecular formula is C38H49N3O11S. The van der Waals surface area contributed by atoms with Gasteiger partial charge >= 0.3 is 5.97 Å². The molecule has 0 fully saturated rings.